The Labute approximate surface area is 106 Å². The highest BCUT2D eigenvalue weighted by Crippen LogP contribution is 2.44. The van der Waals surface area contributed by atoms with Gasteiger partial charge in [0.15, 0.2) is 0 Å². The lowest BCUT2D eigenvalue weighted by atomic mass is 9.64. The molecule has 0 aromatic carbocycles. The highest BCUT2D eigenvalue weighted by atomic mass is 16.5. The molecule has 1 heterocycles. The quantitative estimate of drug-likeness (QED) is 0.821. The molecule has 0 amide bonds. The third-order valence-electron chi connectivity index (χ3n) is 4.95. The summed E-state index contributed by atoms with van der Waals surface area (Å²) >= 11 is 0. The van der Waals surface area contributed by atoms with Crippen molar-refractivity contribution < 1.29 is 4.74 Å². The minimum absolute atomic E-state index is 0.543. The smallest absolute Gasteiger partial charge is 0.0468 e. The van der Waals surface area contributed by atoms with Gasteiger partial charge in [0.05, 0.1) is 0 Å². The number of ether oxygens (including phenoxy) is 1. The van der Waals surface area contributed by atoms with Crippen LogP contribution in [0.5, 0.6) is 0 Å². The van der Waals surface area contributed by atoms with Gasteiger partial charge in [-0.15, -0.1) is 0 Å². The molecule has 2 atom stereocenters. The van der Waals surface area contributed by atoms with E-state index in [4.69, 9.17) is 10.5 Å². The largest absolute Gasteiger partial charge is 0.381 e. The van der Waals surface area contributed by atoms with Crippen molar-refractivity contribution in [1.82, 2.24) is 0 Å². The zero-order chi connectivity index (χ0) is 12.3. The van der Waals surface area contributed by atoms with Crippen molar-refractivity contribution in [1.29, 1.82) is 0 Å². The molecule has 0 bridgehead atoms. The predicted octanol–water partition coefficient (Wildman–Crippen LogP) is 3.20. The average molecular weight is 239 g/mol. The fraction of sp³-hybridized carbons (Fsp3) is 1.00. The first-order chi connectivity index (χ1) is 8.11. The zero-order valence-corrected chi connectivity index (χ0v) is 11.6. The van der Waals surface area contributed by atoms with Gasteiger partial charge in [0, 0.05) is 13.2 Å². The summed E-state index contributed by atoms with van der Waals surface area (Å²) in [5.74, 6) is 2.55. The highest BCUT2D eigenvalue weighted by Gasteiger charge is 2.35. The maximum atomic E-state index is 5.96. The summed E-state index contributed by atoms with van der Waals surface area (Å²) in [7, 11) is 0. The van der Waals surface area contributed by atoms with Crippen LogP contribution in [0.15, 0.2) is 0 Å². The SMILES string of the molecule is CC1(C)CCC(CN)C(CC2CCOCC2)C1. The van der Waals surface area contributed by atoms with Gasteiger partial charge in [-0.3, -0.25) is 0 Å². The van der Waals surface area contributed by atoms with Crippen LogP contribution >= 0.6 is 0 Å². The van der Waals surface area contributed by atoms with Crippen LogP contribution in [0.2, 0.25) is 0 Å². The van der Waals surface area contributed by atoms with Gasteiger partial charge in [-0.1, -0.05) is 13.8 Å². The molecule has 0 aromatic heterocycles. The molecule has 1 saturated carbocycles. The Balaban J connectivity index is 1.90. The second-order valence-electron chi connectivity index (χ2n) is 6.95. The fourth-order valence-electron chi connectivity index (χ4n) is 3.79. The molecule has 1 aliphatic heterocycles. The highest BCUT2D eigenvalue weighted by molar-refractivity contribution is 4.86. The summed E-state index contributed by atoms with van der Waals surface area (Å²) in [6, 6.07) is 0. The Morgan fingerprint density at radius 2 is 1.82 bits per heavy atom. The molecule has 2 fully saturated rings. The zero-order valence-electron chi connectivity index (χ0n) is 11.6. The van der Waals surface area contributed by atoms with E-state index in [9.17, 15) is 0 Å². The van der Waals surface area contributed by atoms with E-state index in [-0.39, 0.29) is 0 Å². The molecule has 2 rings (SSSR count). The second-order valence-corrected chi connectivity index (χ2v) is 6.95. The lowest BCUT2D eigenvalue weighted by Crippen LogP contribution is -2.35. The number of hydrogen-bond donors (Lipinski definition) is 1. The maximum Gasteiger partial charge on any atom is 0.0468 e. The van der Waals surface area contributed by atoms with Crippen molar-refractivity contribution in [2.24, 2.45) is 28.9 Å². The lowest BCUT2D eigenvalue weighted by molar-refractivity contribution is 0.0391. The molecule has 2 unspecified atom stereocenters. The van der Waals surface area contributed by atoms with Crippen LogP contribution in [0.25, 0.3) is 0 Å². The maximum absolute atomic E-state index is 5.96. The molecule has 2 N–H and O–H groups in total. The van der Waals surface area contributed by atoms with Crippen LogP contribution in [-0.4, -0.2) is 19.8 Å². The van der Waals surface area contributed by atoms with Crippen LogP contribution in [0, 0.1) is 23.2 Å². The summed E-state index contributed by atoms with van der Waals surface area (Å²) < 4.78 is 5.46. The molecule has 100 valence electrons. The van der Waals surface area contributed by atoms with E-state index < -0.39 is 0 Å². The molecule has 0 aromatic rings. The number of rotatable bonds is 3. The lowest BCUT2D eigenvalue weighted by Gasteiger charge is -2.42. The van der Waals surface area contributed by atoms with E-state index >= 15 is 0 Å². The molecule has 2 heteroatoms. The standard InChI is InChI=1S/C15H29NO/c1-15(2)6-3-13(11-16)14(10-15)9-12-4-7-17-8-5-12/h12-14H,3-11,16H2,1-2H3. The number of hydrogen-bond acceptors (Lipinski definition) is 2. The van der Waals surface area contributed by atoms with Crippen LogP contribution in [0.1, 0.15) is 52.4 Å². The molecular formula is C15H29NO. The van der Waals surface area contributed by atoms with Crippen molar-refractivity contribution in [3.05, 3.63) is 0 Å². The summed E-state index contributed by atoms with van der Waals surface area (Å²) in [4.78, 5) is 0. The Kier molecular flexibility index (Phi) is 4.48. The van der Waals surface area contributed by atoms with Crippen LogP contribution in [0.3, 0.4) is 0 Å². The van der Waals surface area contributed by atoms with Gasteiger partial charge in [0.25, 0.3) is 0 Å². The normalized spacial score (nSPS) is 34.8. The van der Waals surface area contributed by atoms with Crippen molar-refractivity contribution in [2.75, 3.05) is 19.8 Å². The van der Waals surface area contributed by atoms with Crippen molar-refractivity contribution in [2.45, 2.75) is 52.4 Å². The fourth-order valence-corrected chi connectivity index (χ4v) is 3.79. The van der Waals surface area contributed by atoms with Crippen molar-refractivity contribution in [3.8, 4) is 0 Å². The van der Waals surface area contributed by atoms with E-state index in [1.165, 1.54) is 38.5 Å². The van der Waals surface area contributed by atoms with E-state index in [2.05, 4.69) is 13.8 Å². The van der Waals surface area contributed by atoms with Crippen LogP contribution in [-0.2, 0) is 4.74 Å². The third kappa shape index (κ3) is 3.69. The predicted molar refractivity (Wildman–Crippen MR) is 71.8 cm³/mol. The third-order valence-corrected chi connectivity index (χ3v) is 4.95. The first kappa shape index (κ1) is 13.4. The van der Waals surface area contributed by atoms with Gasteiger partial charge in [-0.2, -0.15) is 0 Å². The minimum Gasteiger partial charge on any atom is -0.381 e. The van der Waals surface area contributed by atoms with E-state index in [0.717, 1.165) is 37.5 Å². The van der Waals surface area contributed by atoms with Gasteiger partial charge >= 0.3 is 0 Å². The first-order valence-corrected chi connectivity index (χ1v) is 7.38. The summed E-state index contributed by atoms with van der Waals surface area (Å²) in [5, 5.41) is 0. The number of nitrogens with two attached hydrogens (primary N) is 1. The molecule has 1 saturated heterocycles. The van der Waals surface area contributed by atoms with Gasteiger partial charge in [0.1, 0.15) is 0 Å². The average Bonchev–Trinajstić information content (AvgIpc) is 2.30. The Morgan fingerprint density at radius 1 is 1.12 bits per heavy atom. The van der Waals surface area contributed by atoms with Gasteiger partial charge < -0.3 is 10.5 Å². The van der Waals surface area contributed by atoms with Gasteiger partial charge in [-0.25, -0.2) is 0 Å². The Hall–Kier alpha value is -0.0800. The Bertz CT molecular complexity index is 233. The van der Waals surface area contributed by atoms with Gasteiger partial charge in [0.2, 0.25) is 0 Å². The summed E-state index contributed by atoms with van der Waals surface area (Å²) in [6.07, 6.45) is 8.03. The molecule has 0 spiro atoms. The molecule has 1 aliphatic carbocycles. The topological polar surface area (TPSA) is 35.2 Å². The first-order valence-electron chi connectivity index (χ1n) is 7.38. The van der Waals surface area contributed by atoms with Crippen molar-refractivity contribution >= 4 is 0 Å². The molecule has 0 radical (unpaired) electrons. The monoisotopic (exact) mass is 239 g/mol. The van der Waals surface area contributed by atoms with E-state index in [1.807, 2.05) is 0 Å². The summed E-state index contributed by atoms with van der Waals surface area (Å²) in [5.41, 5.74) is 6.51. The van der Waals surface area contributed by atoms with Crippen LogP contribution < -0.4 is 5.73 Å². The minimum atomic E-state index is 0.543. The van der Waals surface area contributed by atoms with E-state index in [0.29, 0.717) is 5.41 Å². The van der Waals surface area contributed by atoms with Crippen LogP contribution in [0.4, 0.5) is 0 Å². The molecular weight excluding hydrogens is 210 g/mol. The van der Waals surface area contributed by atoms with Crippen molar-refractivity contribution in [3.63, 3.8) is 0 Å². The summed E-state index contributed by atoms with van der Waals surface area (Å²) in [6.45, 7) is 7.71. The molecule has 17 heavy (non-hydrogen) atoms. The van der Waals surface area contributed by atoms with Gasteiger partial charge in [-0.05, 0) is 68.2 Å². The second kappa shape index (κ2) is 5.71. The molecule has 2 nitrogen and oxygen atoms in total. The molecule has 2 aliphatic rings. The van der Waals surface area contributed by atoms with E-state index in [1.54, 1.807) is 0 Å². The Morgan fingerprint density at radius 3 is 2.47 bits per heavy atom.